The summed E-state index contributed by atoms with van der Waals surface area (Å²) in [6, 6.07) is 3.98. The zero-order valence-electron chi connectivity index (χ0n) is 9.05. The second-order valence-electron chi connectivity index (χ2n) is 3.73. The molecule has 2 heterocycles. The summed E-state index contributed by atoms with van der Waals surface area (Å²) in [5.41, 5.74) is 1.96. The Labute approximate surface area is 88.2 Å². The topological polar surface area (TPSA) is 56.5 Å². The van der Waals surface area contributed by atoms with Crippen molar-refractivity contribution in [3.8, 4) is 5.69 Å². The molecule has 5 nitrogen and oxygen atoms in total. The monoisotopic (exact) mass is 203 g/mol. The highest BCUT2D eigenvalue weighted by molar-refractivity contribution is 5.29. The minimum Gasteiger partial charge on any atom is -0.259 e. The van der Waals surface area contributed by atoms with Gasteiger partial charge in [0.2, 0.25) is 0 Å². The average Bonchev–Trinajstić information content (AvgIpc) is 2.65. The summed E-state index contributed by atoms with van der Waals surface area (Å²) in [6.07, 6.45) is 1.79. The molecular weight excluding hydrogens is 190 g/mol. The zero-order valence-corrected chi connectivity index (χ0v) is 9.05. The van der Waals surface area contributed by atoms with Crippen molar-refractivity contribution in [1.29, 1.82) is 0 Å². The number of pyridine rings is 1. The number of aryl methyl sites for hydroxylation is 1. The second kappa shape index (κ2) is 3.76. The molecule has 0 amide bonds. The van der Waals surface area contributed by atoms with Gasteiger partial charge in [0.05, 0.1) is 11.9 Å². The van der Waals surface area contributed by atoms with E-state index < -0.39 is 0 Å². The zero-order chi connectivity index (χ0) is 10.8. The fourth-order valence-electron chi connectivity index (χ4n) is 1.33. The van der Waals surface area contributed by atoms with Crippen molar-refractivity contribution in [3.63, 3.8) is 0 Å². The quantitative estimate of drug-likeness (QED) is 0.742. The Morgan fingerprint density at radius 1 is 1.27 bits per heavy atom. The van der Waals surface area contributed by atoms with Gasteiger partial charge in [-0.25, -0.2) is 0 Å². The van der Waals surface area contributed by atoms with Crippen molar-refractivity contribution < 1.29 is 0 Å². The van der Waals surface area contributed by atoms with Gasteiger partial charge >= 0.3 is 0 Å². The van der Waals surface area contributed by atoms with Crippen LogP contribution in [0, 0.1) is 6.92 Å². The average molecular weight is 203 g/mol. The molecule has 2 aromatic heterocycles. The third-order valence-corrected chi connectivity index (χ3v) is 2.23. The minimum absolute atomic E-state index is 0.439. The van der Waals surface area contributed by atoms with Crippen molar-refractivity contribution in [2.45, 2.75) is 26.7 Å². The molecule has 0 fully saturated rings. The molecule has 2 aromatic rings. The Kier molecular flexibility index (Phi) is 2.45. The van der Waals surface area contributed by atoms with Crippen molar-refractivity contribution in [1.82, 2.24) is 25.2 Å². The van der Waals surface area contributed by atoms with Gasteiger partial charge in [-0.05, 0) is 35.4 Å². The summed E-state index contributed by atoms with van der Waals surface area (Å²) in [5, 5.41) is 11.3. The van der Waals surface area contributed by atoms with E-state index in [2.05, 4.69) is 34.4 Å². The standard InChI is InChI=1S/C10H13N5/c1-7(2)10-5-4-9(6-11-10)15-8(3)12-13-14-15/h4-7H,1-3H3. The SMILES string of the molecule is Cc1nnnn1-c1ccc(C(C)C)nc1. The van der Waals surface area contributed by atoms with E-state index in [1.165, 1.54) is 0 Å². The van der Waals surface area contributed by atoms with E-state index >= 15 is 0 Å². The molecule has 5 heteroatoms. The van der Waals surface area contributed by atoms with Crippen LogP contribution in [0.3, 0.4) is 0 Å². The lowest BCUT2D eigenvalue weighted by Gasteiger charge is -2.05. The van der Waals surface area contributed by atoms with Gasteiger partial charge in [0.15, 0.2) is 5.82 Å². The predicted molar refractivity (Wildman–Crippen MR) is 55.8 cm³/mol. The molecule has 0 aliphatic rings. The van der Waals surface area contributed by atoms with Crippen LogP contribution in [-0.2, 0) is 0 Å². The molecule has 0 spiro atoms. The van der Waals surface area contributed by atoms with Gasteiger partial charge in [0, 0.05) is 5.69 Å². The minimum atomic E-state index is 0.439. The Bertz CT molecular complexity index is 443. The number of rotatable bonds is 2. The number of nitrogens with zero attached hydrogens (tertiary/aromatic N) is 5. The third kappa shape index (κ3) is 1.86. The highest BCUT2D eigenvalue weighted by Crippen LogP contribution is 2.13. The summed E-state index contributed by atoms with van der Waals surface area (Å²) in [6.45, 7) is 6.09. The molecule has 0 N–H and O–H groups in total. The van der Waals surface area contributed by atoms with Crippen LogP contribution in [-0.4, -0.2) is 25.2 Å². The summed E-state index contributed by atoms with van der Waals surface area (Å²) < 4.78 is 1.66. The maximum absolute atomic E-state index is 4.36. The van der Waals surface area contributed by atoms with Crippen molar-refractivity contribution >= 4 is 0 Å². The van der Waals surface area contributed by atoms with Gasteiger partial charge in [-0.3, -0.25) is 4.98 Å². The smallest absolute Gasteiger partial charge is 0.153 e. The number of hydrogen-bond donors (Lipinski definition) is 0. The van der Waals surface area contributed by atoms with Gasteiger partial charge in [0.25, 0.3) is 0 Å². The highest BCUT2D eigenvalue weighted by Gasteiger charge is 2.05. The van der Waals surface area contributed by atoms with Gasteiger partial charge in [-0.2, -0.15) is 4.68 Å². The highest BCUT2D eigenvalue weighted by atomic mass is 15.5. The van der Waals surface area contributed by atoms with Crippen LogP contribution in [0.4, 0.5) is 0 Å². The van der Waals surface area contributed by atoms with E-state index in [1.807, 2.05) is 19.1 Å². The van der Waals surface area contributed by atoms with Crippen LogP contribution in [0.25, 0.3) is 5.69 Å². The van der Waals surface area contributed by atoms with Crippen molar-refractivity contribution in [2.75, 3.05) is 0 Å². The van der Waals surface area contributed by atoms with E-state index in [-0.39, 0.29) is 0 Å². The first kappa shape index (κ1) is 9.76. The molecule has 15 heavy (non-hydrogen) atoms. The lowest BCUT2D eigenvalue weighted by Crippen LogP contribution is -2.01. The summed E-state index contributed by atoms with van der Waals surface area (Å²) >= 11 is 0. The third-order valence-electron chi connectivity index (χ3n) is 2.23. The molecule has 0 saturated carbocycles. The Morgan fingerprint density at radius 3 is 2.53 bits per heavy atom. The Morgan fingerprint density at radius 2 is 2.07 bits per heavy atom. The molecule has 0 atom stereocenters. The number of tetrazole rings is 1. The normalized spacial score (nSPS) is 10.9. The number of aromatic nitrogens is 5. The molecule has 0 bridgehead atoms. The van der Waals surface area contributed by atoms with Crippen molar-refractivity contribution in [2.24, 2.45) is 0 Å². The fraction of sp³-hybridized carbons (Fsp3) is 0.400. The van der Waals surface area contributed by atoms with Crippen LogP contribution >= 0.6 is 0 Å². The molecule has 2 rings (SSSR count). The van der Waals surface area contributed by atoms with Crippen LogP contribution in [0.2, 0.25) is 0 Å². The van der Waals surface area contributed by atoms with Gasteiger partial charge in [0.1, 0.15) is 0 Å². The van der Waals surface area contributed by atoms with Crippen LogP contribution in [0.1, 0.15) is 31.3 Å². The molecular formula is C10H13N5. The van der Waals surface area contributed by atoms with E-state index in [4.69, 9.17) is 0 Å². The van der Waals surface area contributed by atoms with E-state index in [0.717, 1.165) is 17.2 Å². The van der Waals surface area contributed by atoms with E-state index in [0.29, 0.717) is 5.92 Å². The summed E-state index contributed by atoms with van der Waals surface area (Å²) in [4.78, 5) is 4.36. The lowest BCUT2D eigenvalue weighted by molar-refractivity contribution is 0.767. The van der Waals surface area contributed by atoms with Gasteiger partial charge in [-0.1, -0.05) is 13.8 Å². The van der Waals surface area contributed by atoms with E-state index in [1.54, 1.807) is 10.9 Å². The van der Waals surface area contributed by atoms with Crippen LogP contribution in [0.15, 0.2) is 18.3 Å². The summed E-state index contributed by atoms with van der Waals surface area (Å²) in [5.74, 6) is 1.20. The number of hydrogen-bond acceptors (Lipinski definition) is 4. The first-order valence-electron chi connectivity index (χ1n) is 4.90. The maximum Gasteiger partial charge on any atom is 0.153 e. The molecule has 0 aliphatic carbocycles. The van der Waals surface area contributed by atoms with Gasteiger partial charge < -0.3 is 0 Å². The van der Waals surface area contributed by atoms with E-state index in [9.17, 15) is 0 Å². The van der Waals surface area contributed by atoms with Gasteiger partial charge in [-0.15, -0.1) is 5.10 Å². The molecule has 78 valence electrons. The maximum atomic E-state index is 4.36. The molecule has 0 radical (unpaired) electrons. The van der Waals surface area contributed by atoms with Crippen LogP contribution < -0.4 is 0 Å². The molecule has 0 unspecified atom stereocenters. The van der Waals surface area contributed by atoms with Crippen molar-refractivity contribution in [3.05, 3.63) is 29.8 Å². The Balaban J connectivity index is 2.36. The first-order chi connectivity index (χ1) is 7.18. The Hall–Kier alpha value is -1.78. The largest absolute Gasteiger partial charge is 0.259 e. The van der Waals surface area contributed by atoms with Crippen LogP contribution in [0.5, 0.6) is 0 Å². The summed E-state index contributed by atoms with van der Waals surface area (Å²) in [7, 11) is 0. The molecule has 0 saturated heterocycles. The molecule has 0 aliphatic heterocycles. The predicted octanol–water partition coefficient (Wildman–Crippen LogP) is 1.49. The second-order valence-corrected chi connectivity index (χ2v) is 3.73. The fourth-order valence-corrected chi connectivity index (χ4v) is 1.33. The molecule has 0 aromatic carbocycles. The lowest BCUT2D eigenvalue weighted by atomic mass is 10.1. The first-order valence-corrected chi connectivity index (χ1v) is 4.90.